The number of nitrogens with zero attached hydrogens (tertiary/aromatic N) is 1. The molecule has 0 unspecified atom stereocenters. The zero-order valence-corrected chi connectivity index (χ0v) is 16.6. The van der Waals surface area contributed by atoms with Gasteiger partial charge in [0.15, 0.2) is 15.9 Å². The van der Waals surface area contributed by atoms with E-state index in [1.165, 1.54) is 24.9 Å². The highest BCUT2D eigenvalue weighted by Crippen LogP contribution is 2.18. The third kappa shape index (κ3) is 6.09. The summed E-state index contributed by atoms with van der Waals surface area (Å²) in [4.78, 5) is 25.7. The van der Waals surface area contributed by atoms with Crippen molar-refractivity contribution in [3.05, 3.63) is 35.9 Å². The first-order valence-corrected chi connectivity index (χ1v) is 10.6. The van der Waals surface area contributed by atoms with E-state index < -0.39 is 27.8 Å². The van der Waals surface area contributed by atoms with Crippen LogP contribution in [0.5, 0.6) is 5.75 Å². The van der Waals surface area contributed by atoms with Crippen molar-refractivity contribution < 1.29 is 27.5 Å². The van der Waals surface area contributed by atoms with Gasteiger partial charge in [-0.3, -0.25) is 4.79 Å². The summed E-state index contributed by atoms with van der Waals surface area (Å²) in [7, 11) is -1.55. The molecule has 1 fully saturated rings. The number of carbonyl (C=O) groups is 2. The van der Waals surface area contributed by atoms with Gasteiger partial charge in [0.25, 0.3) is 5.91 Å². The van der Waals surface area contributed by atoms with Gasteiger partial charge in [0.05, 0.1) is 18.1 Å². The van der Waals surface area contributed by atoms with Crippen LogP contribution in [0.2, 0.25) is 0 Å². The van der Waals surface area contributed by atoms with Crippen LogP contribution in [0.3, 0.4) is 0 Å². The molecule has 0 aromatic heterocycles. The molecule has 7 nitrogen and oxygen atoms in total. The molecule has 1 aromatic carbocycles. The van der Waals surface area contributed by atoms with E-state index >= 15 is 0 Å². The van der Waals surface area contributed by atoms with Gasteiger partial charge in [-0.2, -0.15) is 0 Å². The van der Waals surface area contributed by atoms with E-state index in [9.17, 15) is 18.0 Å². The number of ether oxygens (including phenoxy) is 2. The second-order valence-corrected chi connectivity index (χ2v) is 8.65. The van der Waals surface area contributed by atoms with Crippen molar-refractivity contribution in [2.24, 2.45) is 0 Å². The van der Waals surface area contributed by atoms with Crippen LogP contribution in [-0.4, -0.2) is 62.5 Å². The van der Waals surface area contributed by atoms with Crippen LogP contribution in [0.15, 0.2) is 30.3 Å². The Morgan fingerprint density at radius 3 is 2.52 bits per heavy atom. The van der Waals surface area contributed by atoms with Gasteiger partial charge in [-0.15, -0.1) is 0 Å². The molecule has 1 heterocycles. The molecule has 0 bridgehead atoms. The monoisotopic (exact) mass is 395 g/mol. The van der Waals surface area contributed by atoms with Gasteiger partial charge in [-0.1, -0.05) is 12.1 Å². The highest BCUT2D eigenvalue weighted by molar-refractivity contribution is 7.91. The van der Waals surface area contributed by atoms with Crippen LogP contribution < -0.4 is 4.74 Å². The molecule has 0 N–H and O–H groups in total. The van der Waals surface area contributed by atoms with E-state index in [-0.39, 0.29) is 17.5 Å². The Labute approximate surface area is 159 Å². The topological polar surface area (TPSA) is 90.0 Å². The summed E-state index contributed by atoms with van der Waals surface area (Å²) in [6.45, 7) is 3.95. The number of hydrogen-bond acceptors (Lipinski definition) is 6. The van der Waals surface area contributed by atoms with Crippen molar-refractivity contribution in [3.8, 4) is 5.75 Å². The summed E-state index contributed by atoms with van der Waals surface area (Å²) in [6, 6.07) is 6.83. The fraction of sp³-hybridized carbons (Fsp3) is 0.474. The fourth-order valence-electron chi connectivity index (χ4n) is 2.82. The average molecular weight is 395 g/mol. The smallest absolute Gasteiger partial charge is 0.331 e. The van der Waals surface area contributed by atoms with Crippen molar-refractivity contribution in [2.75, 3.05) is 25.2 Å². The number of sulfone groups is 1. The molecule has 2 atom stereocenters. The zero-order chi connectivity index (χ0) is 20.0. The van der Waals surface area contributed by atoms with Gasteiger partial charge < -0.3 is 14.4 Å². The quantitative estimate of drug-likeness (QED) is 0.515. The third-order valence-electron chi connectivity index (χ3n) is 4.35. The third-order valence-corrected chi connectivity index (χ3v) is 6.10. The largest absolute Gasteiger partial charge is 0.494 e. The molecule has 8 heteroatoms. The molecule has 1 aliphatic heterocycles. The fourth-order valence-corrected chi connectivity index (χ4v) is 4.59. The van der Waals surface area contributed by atoms with E-state index in [1.54, 1.807) is 30.3 Å². The highest BCUT2D eigenvalue weighted by atomic mass is 32.2. The Morgan fingerprint density at radius 1 is 1.30 bits per heavy atom. The summed E-state index contributed by atoms with van der Waals surface area (Å²) in [5, 5.41) is 0. The van der Waals surface area contributed by atoms with E-state index in [4.69, 9.17) is 9.47 Å². The summed E-state index contributed by atoms with van der Waals surface area (Å²) in [6.07, 6.45) is 2.25. The first kappa shape index (κ1) is 21.0. The second kappa shape index (κ2) is 9.03. The molecule has 0 aliphatic carbocycles. The Bertz CT molecular complexity index is 800. The molecular formula is C19H25NO6S. The Hall–Kier alpha value is -2.35. The molecule has 0 spiro atoms. The van der Waals surface area contributed by atoms with Gasteiger partial charge in [0, 0.05) is 19.2 Å². The molecule has 0 radical (unpaired) electrons. The Morgan fingerprint density at radius 2 is 1.96 bits per heavy atom. The first-order chi connectivity index (χ1) is 12.7. The second-order valence-electron chi connectivity index (χ2n) is 6.42. The molecule has 0 saturated carbocycles. The maximum Gasteiger partial charge on any atom is 0.331 e. The van der Waals surface area contributed by atoms with Crippen LogP contribution in [0, 0.1) is 0 Å². The van der Waals surface area contributed by atoms with E-state index in [1.807, 2.05) is 6.92 Å². The minimum Gasteiger partial charge on any atom is -0.494 e. The summed E-state index contributed by atoms with van der Waals surface area (Å²) >= 11 is 0. The SMILES string of the molecule is CCOc1ccc(/C=C/C(=O)O[C@H](C)C(=O)N(C)[C@@H]2CCS(=O)(=O)C2)cc1. The highest BCUT2D eigenvalue weighted by Gasteiger charge is 2.34. The Balaban J connectivity index is 1.87. The van der Waals surface area contributed by atoms with Gasteiger partial charge in [-0.25, -0.2) is 13.2 Å². The van der Waals surface area contributed by atoms with Crippen molar-refractivity contribution in [2.45, 2.75) is 32.4 Å². The van der Waals surface area contributed by atoms with Gasteiger partial charge in [-0.05, 0) is 44.0 Å². The van der Waals surface area contributed by atoms with Crippen LogP contribution in [-0.2, 0) is 24.2 Å². The maximum absolute atomic E-state index is 12.4. The molecule has 1 saturated heterocycles. The standard InChI is InChI=1S/C19H25NO6S/c1-4-25-17-8-5-15(6-9-17)7-10-18(21)26-14(2)19(22)20(3)16-11-12-27(23,24)13-16/h5-10,14,16H,4,11-13H2,1-3H3/b10-7+/t14-,16-/m1/s1. The number of carbonyl (C=O) groups excluding carboxylic acids is 2. The van der Waals surface area contributed by atoms with Crippen LogP contribution in [0.1, 0.15) is 25.8 Å². The van der Waals surface area contributed by atoms with Crippen LogP contribution in [0.4, 0.5) is 0 Å². The average Bonchev–Trinajstić information content (AvgIpc) is 3.00. The lowest BCUT2D eigenvalue weighted by molar-refractivity contribution is -0.155. The molecule has 148 valence electrons. The van der Waals surface area contributed by atoms with E-state index in [0.29, 0.717) is 13.0 Å². The lowest BCUT2D eigenvalue weighted by atomic mass is 10.2. The number of hydrogen-bond donors (Lipinski definition) is 0. The predicted molar refractivity (Wildman–Crippen MR) is 102 cm³/mol. The van der Waals surface area contributed by atoms with Crippen LogP contribution in [0.25, 0.3) is 6.08 Å². The first-order valence-electron chi connectivity index (χ1n) is 8.80. The molecule has 27 heavy (non-hydrogen) atoms. The minimum atomic E-state index is -3.09. The maximum atomic E-state index is 12.4. The number of esters is 1. The Kier molecular flexibility index (Phi) is 7.01. The number of benzene rings is 1. The number of rotatable bonds is 7. The van der Waals surface area contributed by atoms with Crippen molar-refractivity contribution >= 4 is 27.8 Å². The van der Waals surface area contributed by atoms with Crippen LogP contribution >= 0.6 is 0 Å². The van der Waals surface area contributed by atoms with Crippen molar-refractivity contribution in [1.29, 1.82) is 0 Å². The summed E-state index contributed by atoms with van der Waals surface area (Å²) in [5.41, 5.74) is 0.794. The summed E-state index contributed by atoms with van der Waals surface area (Å²) in [5.74, 6) is -0.285. The lowest BCUT2D eigenvalue weighted by Gasteiger charge is -2.26. The van der Waals surface area contributed by atoms with E-state index in [2.05, 4.69) is 0 Å². The zero-order valence-electron chi connectivity index (χ0n) is 15.8. The number of amides is 1. The van der Waals surface area contributed by atoms with Crippen molar-refractivity contribution in [3.63, 3.8) is 0 Å². The van der Waals surface area contributed by atoms with Gasteiger partial charge in [0.1, 0.15) is 5.75 Å². The summed E-state index contributed by atoms with van der Waals surface area (Å²) < 4.78 is 33.6. The normalized spacial score (nSPS) is 19.6. The lowest BCUT2D eigenvalue weighted by Crippen LogP contribution is -2.44. The molecular weight excluding hydrogens is 370 g/mol. The molecule has 2 rings (SSSR count). The predicted octanol–water partition coefficient (Wildman–Crippen LogP) is 1.68. The van der Waals surface area contributed by atoms with E-state index in [0.717, 1.165) is 11.3 Å². The van der Waals surface area contributed by atoms with Gasteiger partial charge >= 0.3 is 5.97 Å². The number of likely N-dealkylation sites (N-methyl/N-ethyl adjacent to an activating group) is 1. The minimum absolute atomic E-state index is 0.0481. The van der Waals surface area contributed by atoms with Gasteiger partial charge in [0.2, 0.25) is 0 Å². The van der Waals surface area contributed by atoms with Crippen molar-refractivity contribution in [1.82, 2.24) is 4.90 Å². The molecule has 1 aromatic rings. The molecule has 1 amide bonds. The molecule has 1 aliphatic rings.